The number of alkyl halides is 3. The monoisotopic (exact) mass is 339 g/mol. The highest BCUT2D eigenvalue weighted by Gasteiger charge is 2.32. The molecule has 0 aliphatic rings. The lowest BCUT2D eigenvalue weighted by Gasteiger charge is -2.29. The van der Waals surface area contributed by atoms with Gasteiger partial charge >= 0.3 is 6.18 Å². The van der Waals surface area contributed by atoms with E-state index in [1.54, 1.807) is 19.2 Å². The number of halogens is 3. The summed E-state index contributed by atoms with van der Waals surface area (Å²) in [5, 5.41) is 11.1. The maximum atomic E-state index is 12.7. The molecule has 0 saturated heterocycles. The number of hydrogen-bond acceptors (Lipinski definition) is 3. The summed E-state index contributed by atoms with van der Waals surface area (Å²) in [6.07, 6.45) is -3.87. The van der Waals surface area contributed by atoms with Gasteiger partial charge in [0.15, 0.2) is 0 Å². The van der Waals surface area contributed by atoms with E-state index in [1.807, 2.05) is 18.2 Å². The molecule has 24 heavy (non-hydrogen) atoms. The van der Waals surface area contributed by atoms with Crippen molar-refractivity contribution < 1.29 is 23.1 Å². The Balaban J connectivity index is 2.22. The first kappa shape index (κ1) is 18.4. The third-order valence-corrected chi connectivity index (χ3v) is 3.85. The number of rotatable bonds is 7. The summed E-state index contributed by atoms with van der Waals surface area (Å²) in [6.45, 7) is 0.266. The molecule has 0 fully saturated rings. The average Bonchev–Trinajstić information content (AvgIpc) is 2.55. The van der Waals surface area contributed by atoms with Crippen molar-refractivity contribution in [2.24, 2.45) is 0 Å². The van der Waals surface area contributed by atoms with E-state index in [0.29, 0.717) is 17.5 Å². The molecule has 2 rings (SSSR count). The molecule has 0 aliphatic heterocycles. The first-order valence-corrected chi connectivity index (χ1v) is 7.58. The molecular formula is C18H20F3NO2. The molecule has 130 valence electrons. The van der Waals surface area contributed by atoms with E-state index < -0.39 is 17.3 Å². The predicted molar refractivity (Wildman–Crippen MR) is 85.1 cm³/mol. The fourth-order valence-corrected chi connectivity index (χ4v) is 2.55. The van der Waals surface area contributed by atoms with Gasteiger partial charge in [0.25, 0.3) is 0 Å². The van der Waals surface area contributed by atoms with Crippen LogP contribution in [0.1, 0.15) is 23.1 Å². The quantitative estimate of drug-likeness (QED) is 0.597. The van der Waals surface area contributed by atoms with E-state index in [4.69, 9.17) is 4.84 Å². The number of hydroxylamine groups is 1. The Morgan fingerprint density at radius 3 is 2.12 bits per heavy atom. The molecule has 0 amide bonds. The molecule has 0 saturated carbocycles. The van der Waals surface area contributed by atoms with E-state index in [0.717, 1.165) is 12.1 Å². The predicted octanol–water partition coefficient (Wildman–Crippen LogP) is 3.68. The van der Waals surface area contributed by atoms with Crippen molar-refractivity contribution in [3.63, 3.8) is 0 Å². The zero-order chi connectivity index (χ0) is 17.6. The summed E-state index contributed by atoms with van der Waals surface area (Å²) >= 11 is 0. The Hall–Kier alpha value is -1.89. The van der Waals surface area contributed by atoms with Crippen LogP contribution in [0.3, 0.4) is 0 Å². The van der Waals surface area contributed by atoms with E-state index >= 15 is 0 Å². The van der Waals surface area contributed by atoms with Crippen LogP contribution in [0.15, 0.2) is 54.6 Å². The summed E-state index contributed by atoms with van der Waals surface area (Å²) in [5.41, 5.74) is 1.94. The van der Waals surface area contributed by atoms with Gasteiger partial charge < -0.3 is 9.94 Å². The molecule has 3 nitrogen and oxygen atoms in total. The third-order valence-electron chi connectivity index (χ3n) is 3.85. The van der Waals surface area contributed by atoms with Crippen LogP contribution in [0.5, 0.6) is 0 Å². The number of aliphatic hydroxyl groups is 1. The van der Waals surface area contributed by atoms with Crippen LogP contribution in [0.25, 0.3) is 0 Å². The number of hydrogen-bond donors (Lipinski definition) is 2. The Bertz CT molecular complexity index is 629. The highest BCUT2D eigenvalue weighted by molar-refractivity contribution is 5.29. The fourth-order valence-electron chi connectivity index (χ4n) is 2.55. The van der Waals surface area contributed by atoms with Gasteiger partial charge in [-0.1, -0.05) is 42.5 Å². The van der Waals surface area contributed by atoms with E-state index in [9.17, 15) is 18.3 Å². The summed E-state index contributed by atoms with van der Waals surface area (Å²) < 4.78 is 38.0. The maximum absolute atomic E-state index is 12.7. The van der Waals surface area contributed by atoms with Gasteiger partial charge in [0, 0.05) is 19.9 Å². The minimum absolute atomic E-state index is 0.197. The molecule has 0 heterocycles. The van der Waals surface area contributed by atoms with Crippen LogP contribution in [0.2, 0.25) is 0 Å². The highest BCUT2D eigenvalue weighted by Crippen LogP contribution is 2.32. The Morgan fingerprint density at radius 2 is 1.58 bits per heavy atom. The second-order valence-electron chi connectivity index (χ2n) is 5.57. The minimum atomic E-state index is -4.37. The molecule has 0 bridgehead atoms. The third kappa shape index (κ3) is 4.80. The zero-order valence-electron chi connectivity index (χ0n) is 13.3. The molecule has 2 aromatic carbocycles. The average molecular weight is 339 g/mol. The van der Waals surface area contributed by atoms with Crippen LogP contribution in [-0.4, -0.2) is 18.8 Å². The summed E-state index contributed by atoms with van der Waals surface area (Å²) in [7, 11) is 1.62. The van der Waals surface area contributed by atoms with Gasteiger partial charge in [0.1, 0.15) is 0 Å². The fraction of sp³-hybridized carbons (Fsp3) is 0.333. The van der Waals surface area contributed by atoms with Gasteiger partial charge in [-0.3, -0.25) is 0 Å². The van der Waals surface area contributed by atoms with Gasteiger partial charge in [0.05, 0.1) is 17.8 Å². The Labute approximate surface area is 139 Å². The molecule has 0 aromatic heterocycles. The topological polar surface area (TPSA) is 41.5 Å². The van der Waals surface area contributed by atoms with Gasteiger partial charge in [-0.05, 0) is 23.3 Å². The first-order chi connectivity index (χ1) is 11.3. The molecule has 0 spiro atoms. The smallest absolute Gasteiger partial charge is 0.385 e. The van der Waals surface area contributed by atoms with Crippen molar-refractivity contribution in [1.29, 1.82) is 0 Å². The van der Waals surface area contributed by atoms with Crippen molar-refractivity contribution in [2.45, 2.75) is 24.6 Å². The van der Waals surface area contributed by atoms with E-state index in [-0.39, 0.29) is 13.0 Å². The van der Waals surface area contributed by atoms with E-state index in [1.165, 1.54) is 12.1 Å². The van der Waals surface area contributed by atoms with E-state index in [2.05, 4.69) is 5.48 Å². The van der Waals surface area contributed by atoms with Crippen LogP contribution in [-0.2, 0) is 23.0 Å². The Morgan fingerprint density at radius 1 is 0.958 bits per heavy atom. The molecule has 2 aromatic rings. The lowest BCUT2D eigenvalue weighted by atomic mass is 9.84. The van der Waals surface area contributed by atoms with Crippen molar-refractivity contribution in [3.05, 3.63) is 71.3 Å². The SMILES string of the molecule is CNOCCC(O)(Cc1ccc(C(F)(F)F)cc1)c1ccccc1. The lowest BCUT2D eigenvalue weighted by Crippen LogP contribution is -2.31. The summed E-state index contributed by atoms with van der Waals surface area (Å²) in [6, 6.07) is 13.9. The normalized spacial score (nSPS) is 14.4. The molecule has 1 atom stereocenters. The first-order valence-electron chi connectivity index (χ1n) is 7.58. The molecule has 1 unspecified atom stereocenters. The minimum Gasteiger partial charge on any atom is -0.385 e. The number of nitrogens with one attached hydrogen (secondary N) is 1. The molecule has 6 heteroatoms. The van der Waals surface area contributed by atoms with Crippen LogP contribution in [0.4, 0.5) is 13.2 Å². The maximum Gasteiger partial charge on any atom is 0.416 e. The lowest BCUT2D eigenvalue weighted by molar-refractivity contribution is -0.137. The van der Waals surface area contributed by atoms with Crippen LogP contribution < -0.4 is 5.48 Å². The van der Waals surface area contributed by atoms with Crippen molar-refractivity contribution in [2.75, 3.05) is 13.7 Å². The van der Waals surface area contributed by atoms with Gasteiger partial charge in [-0.15, -0.1) is 0 Å². The molecule has 0 aliphatic carbocycles. The van der Waals surface area contributed by atoms with Crippen molar-refractivity contribution in [3.8, 4) is 0 Å². The van der Waals surface area contributed by atoms with Crippen LogP contribution >= 0.6 is 0 Å². The molecular weight excluding hydrogens is 319 g/mol. The van der Waals surface area contributed by atoms with Gasteiger partial charge in [-0.2, -0.15) is 13.2 Å². The summed E-state index contributed by atoms with van der Waals surface area (Å²) in [4.78, 5) is 5.09. The van der Waals surface area contributed by atoms with Crippen molar-refractivity contribution >= 4 is 0 Å². The summed E-state index contributed by atoms with van der Waals surface area (Å²) in [5.74, 6) is 0. The Kier molecular flexibility index (Phi) is 5.99. The second-order valence-corrected chi connectivity index (χ2v) is 5.57. The molecule has 0 radical (unpaired) electrons. The van der Waals surface area contributed by atoms with Crippen molar-refractivity contribution in [1.82, 2.24) is 5.48 Å². The second kappa shape index (κ2) is 7.79. The molecule has 2 N–H and O–H groups in total. The standard InChI is InChI=1S/C18H20F3NO2/c1-22-24-12-11-17(23,15-5-3-2-4-6-15)13-14-7-9-16(10-8-14)18(19,20)21/h2-10,22-23H,11-13H2,1H3. The van der Waals surface area contributed by atoms with Crippen LogP contribution in [0, 0.1) is 0 Å². The largest absolute Gasteiger partial charge is 0.416 e. The zero-order valence-corrected chi connectivity index (χ0v) is 13.3. The number of benzene rings is 2. The highest BCUT2D eigenvalue weighted by atomic mass is 19.4. The van der Waals surface area contributed by atoms with Gasteiger partial charge in [0.2, 0.25) is 0 Å². The van der Waals surface area contributed by atoms with Gasteiger partial charge in [-0.25, -0.2) is 5.48 Å².